The Kier molecular flexibility index (Phi) is 6.26. The Labute approximate surface area is 176 Å². The Bertz CT molecular complexity index is 974. The lowest BCUT2D eigenvalue weighted by atomic mass is 10.0. The summed E-state index contributed by atoms with van der Waals surface area (Å²) in [6, 6.07) is 18.2. The molecule has 1 aromatic heterocycles. The van der Waals surface area contributed by atoms with E-state index in [4.69, 9.17) is 9.26 Å². The first-order valence-corrected chi connectivity index (χ1v) is 10.3. The average Bonchev–Trinajstić information content (AvgIpc) is 3.27. The van der Waals surface area contributed by atoms with Crippen LogP contribution in [0, 0.1) is 13.8 Å². The van der Waals surface area contributed by atoms with Crippen LogP contribution in [0.4, 0.5) is 0 Å². The molecule has 2 aromatic carbocycles. The van der Waals surface area contributed by atoms with E-state index in [1.54, 1.807) is 6.07 Å². The van der Waals surface area contributed by atoms with Gasteiger partial charge in [-0.15, -0.1) is 0 Å². The summed E-state index contributed by atoms with van der Waals surface area (Å²) in [5, 5.41) is 7.01. The highest BCUT2D eigenvalue weighted by Crippen LogP contribution is 2.23. The molecule has 1 unspecified atom stereocenters. The van der Waals surface area contributed by atoms with Crippen molar-refractivity contribution in [3.63, 3.8) is 0 Å². The Morgan fingerprint density at radius 2 is 1.67 bits per heavy atom. The monoisotopic (exact) mass is 405 g/mol. The Balaban J connectivity index is 1.45. The second-order valence-corrected chi connectivity index (χ2v) is 7.73. The number of amides is 1. The van der Waals surface area contributed by atoms with Gasteiger partial charge in [-0.1, -0.05) is 64.8 Å². The third kappa shape index (κ3) is 4.78. The van der Waals surface area contributed by atoms with Gasteiger partial charge in [0.15, 0.2) is 11.5 Å². The van der Waals surface area contributed by atoms with E-state index in [9.17, 15) is 4.79 Å². The quantitative estimate of drug-likeness (QED) is 0.676. The second kappa shape index (κ2) is 9.24. The molecule has 1 fully saturated rings. The molecule has 0 radical (unpaired) electrons. The maximum atomic E-state index is 12.7. The maximum Gasteiger partial charge on any atom is 0.273 e. The predicted octanol–water partition coefficient (Wildman–Crippen LogP) is 3.76. The lowest BCUT2D eigenvalue weighted by Gasteiger charge is -2.35. The lowest BCUT2D eigenvalue weighted by Crippen LogP contribution is -2.43. The molecule has 1 atom stereocenters. The normalized spacial score (nSPS) is 15.7. The molecule has 156 valence electrons. The molecule has 3 aromatic rings. The van der Waals surface area contributed by atoms with Crippen LogP contribution in [0.2, 0.25) is 0 Å². The molecule has 0 saturated carbocycles. The molecule has 1 aliphatic rings. The highest BCUT2D eigenvalue weighted by molar-refractivity contribution is 5.93. The number of carbonyl (C=O) groups excluding carboxylic acids is 1. The van der Waals surface area contributed by atoms with Crippen molar-refractivity contribution in [1.29, 1.82) is 0 Å². The zero-order valence-electron chi connectivity index (χ0n) is 17.4. The van der Waals surface area contributed by atoms with Gasteiger partial charge in [0.1, 0.15) is 0 Å². The molecule has 30 heavy (non-hydrogen) atoms. The summed E-state index contributed by atoms with van der Waals surface area (Å²) in [6.45, 7) is 7.70. The van der Waals surface area contributed by atoms with Gasteiger partial charge in [0, 0.05) is 31.3 Å². The van der Waals surface area contributed by atoms with Gasteiger partial charge >= 0.3 is 0 Å². The van der Waals surface area contributed by atoms with Crippen LogP contribution in [0.3, 0.4) is 0 Å². The third-order valence-electron chi connectivity index (χ3n) is 5.48. The number of aryl methyl sites for hydroxylation is 2. The van der Waals surface area contributed by atoms with E-state index in [0.29, 0.717) is 25.5 Å². The van der Waals surface area contributed by atoms with Crippen LogP contribution in [-0.2, 0) is 4.74 Å². The number of nitrogens with one attached hydrogen (secondary N) is 1. The lowest BCUT2D eigenvalue weighted by molar-refractivity contribution is 0.0162. The fourth-order valence-corrected chi connectivity index (χ4v) is 3.65. The van der Waals surface area contributed by atoms with E-state index >= 15 is 0 Å². The van der Waals surface area contributed by atoms with Crippen LogP contribution in [0.1, 0.15) is 33.2 Å². The molecular weight excluding hydrogens is 378 g/mol. The first-order valence-electron chi connectivity index (χ1n) is 10.3. The van der Waals surface area contributed by atoms with Crippen molar-refractivity contribution in [1.82, 2.24) is 15.4 Å². The van der Waals surface area contributed by atoms with Gasteiger partial charge in [0.2, 0.25) is 0 Å². The van der Waals surface area contributed by atoms with E-state index in [1.807, 2.05) is 31.2 Å². The van der Waals surface area contributed by atoms with Crippen molar-refractivity contribution in [2.24, 2.45) is 0 Å². The third-order valence-corrected chi connectivity index (χ3v) is 5.48. The largest absolute Gasteiger partial charge is 0.379 e. The van der Waals surface area contributed by atoms with Gasteiger partial charge in [-0.05, 0) is 19.4 Å². The van der Waals surface area contributed by atoms with Crippen LogP contribution in [-0.4, -0.2) is 48.8 Å². The molecule has 4 rings (SSSR count). The number of aromatic nitrogens is 1. The average molecular weight is 405 g/mol. The van der Waals surface area contributed by atoms with Crippen molar-refractivity contribution in [2.75, 3.05) is 32.8 Å². The molecule has 0 aliphatic carbocycles. The van der Waals surface area contributed by atoms with E-state index in [0.717, 1.165) is 18.7 Å². The van der Waals surface area contributed by atoms with Crippen LogP contribution in [0.15, 0.2) is 59.1 Å². The zero-order chi connectivity index (χ0) is 20.9. The fourth-order valence-electron chi connectivity index (χ4n) is 3.65. The van der Waals surface area contributed by atoms with E-state index in [1.165, 1.54) is 16.7 Å². The van der Waals surface area contributed by atoms with Crippen molar-refractivity contribution in [3.8, 4) is 11.3 Å². The Morgan fingerprint density at radius 1 is 1.03 bits per heavy atom. The first kappa shape index (κ1) is 20.3. The molecule has 6 nitrogen and oxygen atoms in total. The Morgan fingerprint density at radius 3 is 2.33 bits per heavy atom. The number of benzene rings is 2. The first-order chi connectivity index (χ1) is 14.6. The number of hydrogen-bond donors (Lipinski definition) is 1. The van der Waals surface area contributed by atoms with E-state index < -0.39 is 0 Å². The summed E-state index contributed by atoms with van der Waals surface area (Å²) in [6.07, 6.45) is 0. The molecular formula is C24H27N3O3. The predicted molar refractivity (Wildman–Crippen MR) is 115 cm³/mol. The number of carbonyl (C=O) groups is 1. The topological polar surface area (TPSA) is 67.6 Å². The molecule has 1 amide bonds. The standard InChI is InChI=1S/C24H27N3O3/c1-17-3-7-19(8-4-17)22(27-11-13-29-14-12-27)16-25-24(28)21-15-23(30-26-21)20-9-5-18(2)6-10-20/h3-10,15,22H,11-14,16H2,1-2H3,(H,25,28). The van der Waals surface area contributed by atoms with Crippen LogP contribution >= 0.6 is 0 Å². The van der Waals surface area contributed by atoms with Gasteiger partial charge in [-0.3, -0.25) is 9.69 Å². The van der Waals surface area contributed by atoms with Crippen LogP contribution in [0.5, 0.6) is 0 Å². The fraction of sp³-hybridized carbons (Fsp3) is 0.333. The van der Waals surface area contributed by atoms with Gasteiger partial charge in [0.05, 0.1) is 19.3 Å². The highest BCUT2D eigenvalue weighted by Gasteiger charge is 2.24. The van der Waals surface area contributed by atoms with Crippen molar-refractivity contribution in [2.45, 2.75) is 19.9 Å². The summed E-state index contributed by atoms with van der Waals surface area (Å²) in [5.74, 6) is 0.353. The molecule has 1 saturated heterocycles. The summed E-state index contributed by atoms with van der Waals surface area (Å²) in [5.41, 5.74) is 4.76. The van der Waals surface area contributed by atoms with E-state index in [-0.39, 0.29) is 17.6 Å². The Hall–Kier alpha value is -2.96. The SMILES string of the molecule is Cc1ccc(-c2cc(C(=O)NCC(c3ccc(C)cc3)N3CCOCC3)no2)cc1. The minimum atomic E-state index is -0.234. The minimum absolute atomic E-state index is 0.0851. The van der Waals surface area contributed by atoms with Crippen LogP contribution < -0.4 is 5.32 Å². The number of hydrogen-bond acceptors (Lipinski definition) is 5. The molecule has 0 bridgehead atoms. The van der Waals surface area contributed by atoms with Crippen LogP contribution in [0.25, 0.3) is 11.3 Å². The number of morpholine rings is 1. The molecule has 0 spiro atoms. The van der Waals surface area contributed by atoms with Crippen molar-refractivity contribution < 1.29 is 14.1 Å². The number of ether oxygens (including phenoxy) is 1. The number of rotatable bonds is 6. The molecule has 6 heteroatoms. The maximum absolute atomic E-state index is 12.7. The number of nitrogens with zero attached hydrogens (tertiary/aromatic N) is 2. The molecule has 1 N–H and O–H groups in total. The van der Waals surface area contributed by atoms with Gasteiger partial charge in [-0.25, -0.2) is 0 Å². The van der Waals surface area contributed by atoms with E-state index in [2.05, 4.69) is 46.6 Å². The zero-order valence-corrected chi connectivity index (χ0v) is 17.4. The summed E-state index contributed by atoms with van der Waals surface area (Å²) in [4.78, 5) is 15.1. The van der Waals surface area contributed by atoms with Gasteiger partial charge < -0.3 is 14.6 Å². The molecule has 1 aliphatic heterocycles. The summed E-state index contributed by atoms with van der Waals surface area (Å²) in [7, 11) is 0. The minimum Gasteiger partial charge on any atom is -0.379 e. The van der Waals surface area contributed by atoms with Crippen molar-refractivity contribution >= 4 is 5.91 Å². The smallest absolute Gasteiger partial charge is 0.273 e. The summed E-state index contributed by atoms with van der Waals surface area (Å²) >= 11 is 0. The van der Waals surface area contributed by atoms with Crippen molar-refractivity contribution in [3.05, 3.63) is 77.0 Å². The van der Waals surface area contributed by atoms with Gasteiger partial charge in [0.25, 0.3) is 5.91 Å². The second-order valence-electron chi connectivity index (χ2n) is 7.73. The van der Waals surface area contributed by atoms with Gasteiger partial charge in [-0.2, -0.15) is 0 Å². The summed E-state index contributed by atoms with van der Waals surface area (Å²) < 4.78 is 10.9. The highest BCUT2D eigenvalue weighted by atomic mass is 16.5. The molecule has 2 heterocycles.